The normalized spacial score (nSPS) is 11.5. The Morgan fingerprint density at radius 2 is 1.68 bits per heavy atom. The molecule has 28 heavy (non-hydrogen) atoms. The first-order valence-electron chi connectivity index (χ1n) is 8.29. The van der Waals surface area contributed by atoms with Crippen LogP contribution in [0.1, 0.15) is 5.56 Å². The van der Waals surface area contributed by atoms with Crippen LogP contribution in [0.15, 0.2) is 64.2 Å². The van der Waals surface area contributed by atoms with Gasteiger partial charge < -0.3 is 5.32 Å². The van der Waals surface area contributed by atoms with Crippen molar-refractivity contribution in [2.45, 2.75) is 11.1 Å². The molecule has 0 bridgehead atoms. The fraction of sp³-hybridized carbons (Fsp3) is 0.0526. The van der Waals surface area contributed by atoms with E-state index in [1.54, 1.807) is 48.7 Å². The van der Waals surface area contributed by atoms with Crippen molar-refractivity contribution in [2.75, 3.05) is 10.0 Å². The molecule has 0 radical (unpaired) electrons. The SMILES string of the molecule is Cc1ccc(Nc2nc3ccccc3nc2NS(=O)(=O)c2cccs2)cc1F. The van der Waals surface area contributed by atoms with Crippen molar-refractivity contribution in [1.82, 2.24) is 9.97 Å². The Hall–Kier alpha value is -3.04. The lowest BCUT2D eigenvalue weighted by atomic mass is 10.2. The van der Waals surface area contributed by atoms with Gasteiger partial charge in [0.25, 0.3) is 10.0 Å². The van der Waals surface area contributed by atoms with Crippen molar-refractivity contribution in [3.8, 4) is 0 Å². The number of rotatable bonds is 5. The van der Waals surface area contributed by atoms with E-state index >= 15 is 0 Å². The molecule has 0 unspecified atom stereocenters. The van der Waals surface area contributed by atoms with E-state index in [0.29, 0.717) is 22.3 Å². The van der Waals surface area contributed by atoms with Crippen molar-refractivity contribution >= 4 is 49.7 Å². The topological polar surface area (TPSA) is 84.0 Å². The Labute approximate surface area is 165 Å². The average molecular weight is 414 g/mol. The van der Waals surface area contributed by atoms with E-state index in [1.165, 1.54) is 12.1 Å². The van der Waals surface area contributed by atoms with Crippen LogP contribution in [0.4, 0.5) is 21.7 Å². The van der Waals surface area contributed by atoms with E-state index in [1.807, 2.05) is 6.07 Å². The fourth-order valence-corrected chi connectivity index (χ4v) is 4.56. The third-order valence-electron chi connectivity index (χ3n) is 4.00. The molecule has 142 valence electrons. The van der Waals surface area contributed by atoms with Crippen LogP contribution < -0.4 is 10.0 Å². The van der Waals surface area contributed by atoms with Gasteiger partial charge in [-0.05, 0) is 48.2 Å². The molecule has 2 heterocycles. The van der Waals surface area contributed by atoms with Crippen molar-refractivity contribution in [2.24, 2.45) is 0 Å². The molecule has 0 saturated carbocycles. The van der Waals surface area contributed by atoms with Gasteiger partial charge in [0, 0.05) is 5.69 Å². The summed E-state index contributed by atoms with van der Waals surface area (Å²) in [6.45, 7) is 1.66. The van der Waals surface area contributed by atoms with Crippen LogP contribution in [-0.2, 0) is 10.0 Å². The predicted molar refractivity (Wildman–Crippen MR) is 109 cm³/mol. The number of anilines is 3. The summed E-state index contributed by atoms with van der Waals surface area (Å²) in [6, 6.07) is 14.9. The lowest BCUT2D eigenvalue weighted by molar-refractivity contribution is 0.603. The maximum atomic E-state index is 13.9. The Morgan fingerprint density at radius 1 is 0.964 bits per heavy atom. The average Bonchev–Trinajstić information content (AvgIpc) is 3.21. The molecule has 6 nitrogen and oxygen atoms in total. The van der Waals surface area contributed by atoms with E-state index < -0.39 is 10.0 Å². The first-order valence-corrected chi connectivity index (χ1v) is 10.6. The first kappa shape index (κ1) is 18.3. The molecule has 0 fully saturated rings. The van der Waals surface area contributed by atoms with Crippen LogP contribution in [0.5, 0.6) is 0 Å². The molecule has 9 heteroatoms. The molecular formula is C19H15FN4O2S2. The molecule has 4 aromatic rings. The maximum Gasteiger partial charge on any atom is 0.272 e. The van der Waals surface area contributed by atoms with E-state index in [2.05, 4.69) is 20.0 Å². The van der Waals surface area contributed by atoms with Gasteiger partial charge in [-0.25, -0.2) is 22.8 Å². The number of sulfonamides is 1. The number of para-hydroxylation sites is 2. The minimum Gasteiger partial charge on any atom is -0.337 e. The van der Waals surface area contributed by atoms with Gasteiger partial charge in [-0.2, -0.15) is 0 Å². The maximum absolute atomic E-state index is 13.9. The second kappa shape index (κ2) is 7.17. The Bertz CT molecular complexity index is 1260. The number of fused-ring (bicyclic) bond motifs is 1. The van der Waals surface area contributed by atoms with Crippen LogP contribution in [0.2, 0.25) is 0 Å². The zero-order chi connectivity index (χ0) is 19.7. The lowest BCUT2D eigenvalue weighted by Crippen LogP contribution is -2.15. The smallest absolute Gasteiger partial charge is 0.272 e. The van der Waals surface area contributed by atoms with E-state index in [0.717, 1.165) is 11.3 Å². The standard InChI is InChI=1S/C19H15FN4O2S2/c1-12-8-9-13(11-14(12)20)21-18-19(23-16-6-3-2-5-15(16)22-18)24-28(25,26)17-7-4-10-27-17/h2-11H,1H3,(H,21,22)(H,23,24). The highest BCUT2D eigenvalue weighted by Crippen LogP contribution is 2.28. The Kier molecular flexibility index (Phi) is 4.70. The third kappa shape index (κ3) is 3.67. The number of aromatic nitrogens is 2. The van der Waals surface area contributed by atoms with Crippen LogP contribution in [0.25, 0.3) is 11.0 Å². The van der Waals surface area contributed by atoms with E-state index in [9.17, 15) is 12.8 Å². The van der Waals surface area contributed by atoms with Crippen LogP contribution in [-0.4, -0.2) is 18.4 Å². The molecule has 0 aliphatic rings. The highest BCUT2D eigenvalue weighted by molar-refractivity contribution is 7.94. The lowest BCUT2D eigenvalue weighted by Gasteiger charge is -2.13. The number of nitrogens with zero attached hydrogens (tertiary/aromatic N) is 2. The fourth-order valence-electron chi connectivity index (χ4n) is 2.56. The van der Waals surface area contributed by atoms with Gasteiger partial charge in [0.05, 0.1) is 11.0 Å². The number of nitrogens with one attached hydrogen (secondary N) is 2. The van der Waals surface area contributed by atoms with Crippen LogP contribution >= 0.6 is 11.3 Å². The summed E-state index contributed by atoms with van der Waals surface area (Å²) in [7, 11) is -3.82. The van der Waals surface area contributed by atoms with Crippen molar-refractivity contribution in [3.63, 3.8) is 0 Å². The summed E-state index contributed by atoms with van der Waals surface area (Å²) in [6.07, 6.45) is 0. The molecule has 4 rings (SSSR count). The summed E-state index contributed by atoms with van der Waals surface area (Å²) in [5, 5.41) is 4.64. The first-order chi connectivity index (χ1) is 13.4. The van der Waals surface area contributed by atoms with Crippen molar-refractivity contribution < 1.29 is 12.8 Å². The molecule has 2 aromatic carbocycles. The number of benzene rings is 2. The molecule has 2 aromatic heterocycles. The molecule has 0 atom stereocenters. The van der Waals surface area contributed by atoms with Gasteiger partial charge in [-0.15, -0.1) is 11.3 Å². The summed E-state index contributed by atoms with van der Waals surface area (Å²) in [5.41, 5.74) is 2.06. The summed E-state index contributed by atoms with van der Waals surface area (Å²) in [5.74, 6) is -0.158. The van der Waals surface area contributed by atoms with Crippen molar-refractivity contribution in [3.05, 3.63) is 71.4 Å². The zero-order valence-electron chi connectivity index (χ0n) is 14.7. The predicted octanol–water partition coefficient (Wildman–Crippen LogP) is 4.68. The minimum absolute atomic E-state index is 0.0353. The molecule has 0 saturated heterocycles. The molecule has 0 amide bonds. The molecule has 0 aliphatic heterocycles. The highest BCUT2D eigenvalue weighted by Gasteiger charge is 2.20. The zero-order valence-corrected chi connectivity index (χ0v) is 16.3. The van der Waals surface area contributed by atoms with Gasteiger partial charge in [-0.3, -0.25) is 4.72 Å². The number of aryl methyl sites for hydroxylation is 1. The van der Waals surface area contributed by atoms with Gasteiger partial charge in [-0.1, -0.05) is 24.3 Å². The summed E-state index contributed by atoms with van der Waals surface area (Å²) >= 11 is 1.10. The second-order valence-corrected chi connectivity index (χ2v) is 8.89. The van der Waals surface area contributed by atoms with E-state index in [-0.39, 0.29) is 21.7 Å². The monoisotopic (exact) mass is 414 g/mol. The quantitative estimate of drug-likeness (QED) is 0.495. The summed E-state index contributed by atoms with van der Waals surface area (Å²) < 4.78 is 41.8. The van der Waals surface area contributed by atoms with Gasteiger partial charge in [0.1, 0.15) is 10.0 Å². The Balaban J connectivity index is 1.79. The van der Waals surface area contributed by atoms with Crippen molar-refractivity contribution in [1.29, 1.82) is 0 Å². The number of hydrogen-bond donors (Lipinski definition) is 2. The van der Waals surface area contributed by atoms with Gasteiger partial charge in [0.15, 0.2) is 11.6 Å². The molecule has 0 aliphatic carbocycles. The van der Waals surface area contributed by atoms with Crippen LogP contribution in [0.3, 0.4) is 0 Å². The number of hydrogen-bond acceptors (Lipinski definition) is 6. The Morgan fingerprint density at radius 3 is 2.32 bits per heavy atom. The molecule has 2 N–H and O–H groups in total. The number of thiophene rings is 1. The molecular weight excluding hydrogens is 399 g/mol. The molecule has 0 spiro atoms. The van der Waals surface area contributed by atoms with E-state index in [4.69, 9.17) is 0 Å². The minimum atomic E-state index is -3.82. The van der Waals surface area contributed by atoms with Gasteiger partial charge >= 0.3 is 0 Å². The van der Waals surface area contributed by atoms with Crippen LogP contribution in [0, 0.1) is 12.7 Å². The third-order valence-corrected chi connectivity index (χ3v) is 6.73. The largest absolute Gasteiger partial charge is 0.337 e. The van der Waals surface area contributed by atoms with Gasteiger partial charge in [0.2, 0.25) is 0 Å². The number of halogens is 1. The second-order valence-electron chi connectivity index (χ2n) is 6.04. The summed E-state index contributed by atoms with van der Waals surface area (Å²) in [4.78, 5) is 8.87. The highest BCUT2D eigenvalue weighted by atomic mass is 32.2.